The molecule has 0 aliphatic heterocycles. The van der Waals surface area contributed by atoms with E-state index in [2.05, 4.69) is 25.9 Å². The van der Waals surface area contributed by atoms with Gasteiger partial charge in [0, 0.05) is 10.0 Å². The number of aromatic nitrogens is 2. The third-order valence-electron chi connectivity index (χ3n) is 4.29. The molecule has 5 aromatic rings. The molecule has 28 heavy (non-hydrogen) atoms. The molecule has 3 aromatic heterocycles. The fourth-order valence-electron chi connectivity index (χ4n) is 2.93. The summed E-state index contributed by atoms with van der Waals surface area (Å²) >= 11 is 6.49. The van der Waals surface area contributed by atoms with Crippen molar-refractivity contribution in [3.05, 3.63) is 76.1 Å². The molecule has 0 aliphatic carbocycles. The van der Waals surface area contributed by atoms with Gasteiger partial charge >= 0.3 is 0 Å². The van der Waals surface area contributed by atoms with Gasteiger partial charge < -0.3 is 4.42 Å². The number of hydrogen-bond donors (Lipinski definition) is 0. The van der Waals surface area contributed by atoms with Crippen LogP contribution < -0.4 is 4.90 Å². The maximum atomic E-state index is 13.4. The van der Waals surface area contributed by atoms with Gasteiger partial charge in [0.1, 0.15) is 5.76 Å². The molecule has 0 spiro atoms. The molecule has 0 atom stereocenters. The zero-order chi connectivity index (χ0) is 19.1. The Morgan fingerprint density at radius 3 is 2.86 bits per heavy atom. The highest BCUT2D eigenvalue weighted by Crippen LogP contribution is 2.33. The summed E-state index contributed by atoms with van der Waals surface area (Å²) in [5.74, 6) is 0.581. The van der Waals surface area contributed by atoms with Crippen LogP contribution in [-0.2, 0) is 6.54 Å². The van der Waals surface area contributed by atoms with Gasteiger partial charge in [-0.1, -0.05) is 27.3 Å². The maximum Gasteiger partial charge on any atom is 0.260 e. The lowest BCUT2D eigenvalue weighted by Crippen LogP contribution is -2.30. The summed E-state index contributed by atoms with van der Waals surface area (Å²) in [5, 5.41) is 0.638. The Morgan fingerprint density at radius 1 is 1.11 bits per heavy atom. The minimum Gasteiger partial charge on any atom is -0.467 e. The molecule has 2 aromatic carbocycles. The van der Waals surface area contributed by atoms with Crippen LogP contribution in [0.1, 0.15) is 16.1 Å². The smallest absolute Gasteiger partial charge is 0.260 e. The van der Waals surface area contributed by atoms with Gasteiger partial charge in [-0.3, -0.25) is 9.69 Å². The quantitative estimate of drug-likeness (QED) is 0.318. The first-order chi connectivity index (χ1) is 13.7. The van der Waals surface area contributed by atoms with Crippen molar-refractivity contribution >= 4 is 70.1 Å². The van der Waals surface area contributed by atoms with Gasteiger partial charge in [-0.05, 0) is 48.5 Å². The molecule has 0 unspecified atom stereocenters. The molecular weight excluding hydrogens is 458 g/mol. The van der Waals surface area contributed by atoms with Crippen LogP contribution in [-0.4, -0.2) is 15.9 Å². The van der Waals surface area contributed by atoms with Gasteiger partial charge in [-0.25, -0.2) is 9.97 Å². The number of furan rings is 1. The highest BCUT2D eigenvalue weighted by atomic mass is 79.9. The van der Waals surface area contributed by atoms with Crippen molar-refractivity contribution in [3.8, 4) is 0 Å². The van der Waals surface area contributed by atoms with Crippen LogP contribution in [0.15, 0.2) is 69.2 Å². The zero-order valence-corrected chi connectivity index (χ0v) is 17.6. The van der Waals surface area contributed by atoms with Crippen LogP contribution in [0.5, 0.6) is 0 Å². The average Bonchev–Trinajstić information content (AvgIpc) is 3.44. The van der Waals surface area contributed by atoms with Crippen molar-refractivity contribution in [1.29, 1.82) is 0 Å². The fraction of sp³-hybridized carbons (Fsp3) is 0.0500. The molecule has 0 bridgehead atoms. The SMILES string of the molecule is O=C(c1ccc2ncsc2c1)N(Cc1ccco1)c1nc2ccc(Br)cc2s1. The summed E-state index contributed by atoms with van der Waals surface area (Å²) in [6.45, 7) is 0.313. The minimum absolute atomic E-state index is 0.121. The summed E-state index contributed by atoms with van der Waals surface area (Å²) in [6.07, 6.45) is 1.61. The van der Waals surface area contributed by atoms with Gasteiger partial charge in [0.05, 0.1) is 38.8 Å². The highest BCUT2D eigenvalue weighted by Gasteiger charge is 2.23. The Kier molecular flexibility index (Phi) is 4.46. The largest absolute Gasteiger partial charge is 0.467 e. The van der Waals surface area contributed by atoms with E-state index >= 15 is 0 Å². The van der Waals surface area contributed by atoms with Crippen molar-refractivity contribution in [2.24, 2.45) is 0 Å². The van der Waals surface area contributed by atoms with Crippen LogP contribution in [0.4, 0.5) is 5.13 Å². The first-order valence-corrected chi connectivity index (χ1v) is 10.9. The molecule has 0 saturated carbocycles. The normalized spacial score (nSPS) is 11.3. The molecule has 5 rings (SSSR count). The molecule has 1 amide bonds. The number of halogens is 1. The number of carbonyl (C=O) groups is 1. The lowest BCUT2D eigenvalue weighted by Gasteiger charge is -2.18. The number of rotatable bonds is 4. The maximum absolute atomic E-state index is 13.4. The zero-order valence-electron chi connectivity index (χ0n) is 14.3. The molecule has 5 nitrogen and oxygen atoms in total. The minimum atomic E-state index is -0.121. The number of hydrogen-bond acceptors (Lipinski definition) is 6. The van der Waals surface area contributed by atoms with E-state index in [0.717, 1.165) is 24.9 Å². The van der Waals surface area contributed by atoms with Crippen LogP contribution in [0.2, 0.25) is 0 Å². The lowest BCUT2D eigenvalue weighted by molar-refractivity contribution is 0.0983. The summed E-state index contributed by atoms with van der Waals surface area (Å²) in [7, 11) is 0. The first-order valence-electron chi connectivity index (χ1n) is 8.41. The van der Waals surface area contributed by atoms with Crippen LogP contribution in [0.3, 0.4) is 0 Å². The standard InChI is InChI=1S/C20H12BrN3O2S2/c21-13-4-6-16-18(9-13)28-20(23-16)24(10-14-2-1-7-26-14)19(25)12-3-5-15-17(8-12)27-11-22-15/h1-9,11H,10H2. The summed E-state index contributed by atoms with van der Waals surface area (Å²) in [4.78, 5) is 24.0. The van der Waals surface area contributed by atoms with E-state index in [1.54, 1.807) is 16.7 Å². The average molecular weight is 470 g/mol. The lowest BCUT2D eigenvalue weighted by atomic mass is 10.2. The van der Waals surface area contributed by atoms with Crippen molar-refractivity contribution in [1.82, 2.24) is 9.97 Å². The second-order valence-electron chi connectivity index (χ2n) is 6.11. The topological polar surface area (TPSA) is 59.2 Å². The van der Waals surface area contributed by atoms with Crippen LogP contribution >= 0.6 is 38.6 Å². The second-order valence-corrected chi connectivity index (χ2v) is 8.93. The Hall–Kier alpha value is -2.55. The number of fused-ring (bicyclic) bond motifs is 2. The number of carbonyl (C=O) groups excluding carboxylic acids is 1. The summed E-state index contributed by atoms with van der Waals surface area (Å²) in [6, 6.07) is 15.1. The predicted octanol–water partition coefficient (Wildman–Crippen LogP) is 6.11. The molecular formula is C20H12BrN3O2S2. The van der Waals surface area contributed by atoms with Gasteiger partial charge in [0.25, 0.3) is 5.91 Å². The molecule has 8 heteroatoms. The number of benzene rings is 2. The molecule has 0 radical (unpaired) electrons. The van der Waals surface area contributed by atoms with E-state index < -0.39 is 0 Å². The van der Waals surface area contributed by atoms with E-state index in [4.69, 9.17) is 4.42 Å². The molecule has 138 valence electrons. The number of amides is 1. The van der Waals surface area contributed by atoms with E-state index in [0.29, 0.717) is 23.0 Å². The summed E-state index contributed by atoms with van der Waals surface area (Å²) in [5.41, 5.74) is 4.14. The molecule has 0 saturated heterocycles. The highest BCUT2D eigenvalue weighted by molar-refractivity contribution is 9.10. The predicted molar refractivity (Wildman–Crippen MR) is 116 cm³/mol. The van der Waals surface area contributed by atoms with Gasteiger partial charge in [0.2, 0.25) is 0 Å². The molecule has 0 N–H and O–H groups in total. The van der Waals surface area contributed by atoms with E-state index in [-0.39, 0.29) is 5.91 Å². The Morgan fingerprint density at radius 2 is 2.00 bits per heavy atom. The van der Waals surface area contributed by atoms with E-state index in [9.17, 15) is 4.79 Å². The van der Waals surface area contributed by atoms with Crippen LogP contribution in [0, 0.1) is 0 Å². The number of anilines is 1. The number of nitrogens with zero attached hydrogens (tertiary/aromatic N) is 3. The summed E-state index contributed by atoms with van der Waals surface area (Å²) < 4.78 is 8.47. The Labute approximate surface area is 176 Å². The van der Waals surface area contributed by atoms with Crippen molar-refractivity contribution < 1.29 is 9.21 Å². The third kappa shape index (κ3) is 3.23. The molecule has 3 heterocycles. The van der Waals surface area contributed by atoms with Crippen LogP contribution in [0.25, 0.3) is 20.4 Å². The van der Waals surface area contributed by atoms with Gasteiger partial charge in [0.15, 0.2) is 5.13 Å². The van der Waals surface area contributed by atoms with Gasteiger partial charge in [-0.15, -0.1) is 11.3 Å². The van der Waals surface area contributed by atoms with Crippen molar-refractivity contribution in [2.45, 2.75) is 6.54 Å². The second kappa shape index (κ2) is 7.12. The van der Waals surface area contributed by atoms with E-state index in [1.165, 1.54) is 22.7 Å². The Balaban J connectivity index is 1.58. The van der Waals surface area contributed by atoms with Gasteiger partial charge in [-0.2, -0.15) is 0 Å². The third-order valence-corrected chi connectivity index (χ3v) is 6.61. The van der Waals surface area contributed by atoms with Crippen molar-refractivity contribution in [2.75, 3.05) is 4.90 Å². The number of thiazole rings is 2. The molecule has 0 aliphatic rings. The monoisotopic (exact) mass is 469 g/mol. The van der Waals surface area contributed by atoms with E-state index in [1.807, 2.05) is 48.5 Å². The fourth-order valence-corrected chi connectivity index (χ4v) is 5.16. The molecule has 0 fully saturated rings. The first kappa shape index (κ1) is 17.5. The van der Waals surface area contributed by atoms with Crippen molar-refractivity contribution in [3.63, 3.8) is 0 Å². The Bertz CT molecular complexity index is 1290.